The molecule has 0 unspecified atom stereocenters. The molecule has 1 aromatic rings. The Balaban J connectivity index is 1.26. The molecule has 0 aliphatic heterocycles. The second-order valence-electron chi connectivity index (χ2n) is 8.14. The Morgan fingerprint density at radius 3 is 2.40 bits per heavy atom. The SMILES string of the molecule is Cc1ccc(C=CC(=O)OCC(=O)NC23CC4CC(CC(C4)C2)C3)o1. The van der Waals surface area contributed by atoms with Gasteiger partial charge >= 0.3 is 5.97 Å². The zero-order valence-corrected chi connectivity index (χ0v) is 14.6. The third-order valence-corrected chi connectivity index (χ3v) is 5.93. The van der Waals surface area contributed by atoms with E-state index in [9.17, 15) is 9.59 Å². The first-order chi connectivity index (χ1) is 12.0. The van der Waals surface area contributed by atoms with Gasteiger partial charge in [0.2, 0.25) is 0 Å². The summed E-state index contributed by atoms with van der Waals surface area (Å²) in [5, 5.41) is 3.20. The molecule has 0 spiro atoms. The van der Waals surface area contributed by atoms with E-state index in [4.69, 9.17) is 9.15 Å². The molecule has 0 atom stereocenters. The largest absolute Gasteiger partial charge is 0.462 e. The van der Waals surface area contributed by atoms with Crippen LogP contribution in [-0.2, 0) is 14.3 Å². The molecule has 5 heteroatoms. The van der Waals surface area contributed by atoms with E-state index in [0.29, 0.717) is 5.76 Å². The van der Waals surface area contributed by atoms with Gasteiger partial charge in [0.1, 0.15) is 11.5 Å². The van der Waals surface area contributed by atoms with Crippen molar-refractivity contribution < 1.29 is 18.7 Å². The Morgan fingerprint density at radius 2 is 1.84 bits per heavy atom. The van der Waals surface area contributed by atoms with Crippen LogP contribution < -0.4 is 5.32 Å². The molecular formula is C20H25NO4. The zero-order chi connectivity index (χ0) is 17.4. The van der Waals surface area contributed by atoms with Crippen LogP contribution in [0, 0.1) is 24.7 Å². The summed E-state index contributed by atoms with van der Waals surface area (Å²) in [6.07, 6.45) is 10.1. The van der Waals surface area contributed by atoms with E-state index >= 15 is 0 Å². The van der Waals surface area contributed by atoms with Crippen molar-refractivity contribution >= 4 is 18.0 Å². The van der Waals surface area contributed by atoms with Crippen LogP contribution >= 0.6 is 0 Å². The van der Waals surface area contributed by atoms with Crippen LogP contribution in [0.2, 0.25) is 0 Å². The van der Waals surface area contributed by atoms with Crippen molar-refractivity contribution in [2.75, 3.05) is 6.61 Å². The van der Waals surface area contributed by atoms with Crippen LogP contribution in [-0.4, -0.2) is 24.0 Å². The molecule has 0 radical (unpaired) electrons. The maximum atomic E-state index is 12.3. The highest BCUT2D eigenvalue weighted by Gasteiger charge is 2.51. The molecule has 25 heavy (non-hydrogen) atoms. The van der Waals surface area contributed by atoms with E-state index in [1.807, 2.05) is 13.0 Å². The number of ether oxygens (including phenoxy) is 1. The number of hydrogen-bond acceptors (Lipinski definition) is 4. The molecule has 1 N–H and O–H groups in total. The van der Waals surface area contributed by atoms with Crippen molar-refractivity contribution in [2.24, 2.45) is 17.8 Å². The van der Waals surface area contributed by atoms with Gasteiger partial charge in [-0.05, 0) is 81.4 Å². The molecule has 4 saturated carbocycles. The van der Waals surface area contributed by atoms with E-state index < -0.39 is 5.97 Å². The van der Waals surface area contributed by atoms with Crippen molar-refractivity contribution in [2.45, 2.75) is 51.0 Å². The van der Waals surface area contributed by atoms with Crippen LogP contribution in [0.5, 0.6) is 0 Å². The van der Waals surface area contributed by atoms with Gasteiger partial charge in [-0.1, -0.05) is 0 Å². The second kappa shape index (κ2) is 6.36. The van der Waals surface area contributed by atoms with Crippen LogP contribution in [0.3, 0.4) is 0 Å². The number of carbonyl (C=O) groups is 2. The maximum absolute atomic E-state index is 12.3. The Kier molecular flexibility index (Phi) is 4.18. The van der Waals surface area contributed by atoms with E-state index in [1.54, 1.807) is 12.1 Å². The lowest BCUT2D eigenvalue weighted by atomic mass is 9.53. The molecule has 4 bridgehead atoms. The third-order valence-electron chi connectivity index (χ3n) is 5.93. The summed E-state index contributed by atoms with van der Waals surface area (Å²) in [5.41, 5.74) is -0.0419. The van der Waals surface area contributed by atoms with Gasteiger partial charge in [-0.3, -0.25) is 4.79 Å². The van der Waals surface area contributed by atoms with E-state index in [-0.39, 0.29) is 18.1 Å². The number of rotatable bonds is 5. The van der Waals surface area contributed by atoms with Crippen LogP contribution in [0.4, 0.5) is 0 Å². The molecule has 1 amide bonds. The molecule has 0 saturated heterocycles. The van der Waals surface area contributed by atoms with Gasteiger partial charge in [0, 0.05) is 11.6 Å². The number of furan rings is 1. The van der Waals surface area contributed by atoms with Gasteiger partial charge in [0.25, 0.3) is 5.91 Å². The van der Waals surface area contributed by atoms with E-state index in [1.165, 1.54) is 25.3 Å². The molecule has 4 aliphatic carbocycles. The first-order valence-corrected chi connectivity index (χ1v) is 9.22. The molecule has 1 heterocycles. The Bertz CT molecular complexity index is 667. The minimum absolute atomic E-state index is 0.0419. The fourth-order valence-corrected chi connectivity index (χ4v) is 5.47. The van der Waals surface area contributed by atoms with Gasteiger partial charge in [-0.15, -0.1) is 0 Å². The molecule has 4 fully saturated rings. The van der Waals surface area contributed by atoms with Crippen LogP contribution in [0.25, 0.3) is 6.08 Å². The number of amides is 1. The molecule has 5 nitrogen and oxygen atoms in total. The second-order valence-corrected chi connectivity index (χ2v) is 8.14. The minimum atomic E-state index is -0.533. The lowest BCUT2D eigenvalue weighted by Gasteiger charge is -2.56. The monoisotopic (exact) mass is 343 g/mol. The van der Waals surface area contributed by atoms with Crippen molar-refractivity contribution in [1.29, 1.82) is 0 Å². The van der Waals surface area contributed by atoms with Gasteiger partial charge < -0.3 is 14.5 Å². The number of carbonyl (C=O) groups excluding carboxylic acids is 2. The predicted octanol–water partition coefficient (Wildman–Crippen LogP) is 3.23. The highest BCUT2D eigenvalue weighted by Crippen LogP contribution is 2.55. The van der Waals surface area contributed by atoms with Gasteiger partial charge in [0.05, 0.1) is 0 Å². The van der Waals surface area contributed by atoms with Gasteiger partial charge in [0.15, 0.2) is 6.61 Å². The summed E-state index contributed by atoms with van der Waals surface area (Å²) in [6, 6.07) is 3.60. The number of hydrogen-bond donors (Lipinski definition) is 1. The summed E-state index contributed by atoms with van der Waals surface area (Å²) in [5.74, 6) is 2.97. The minimum Gasteiger partial charge on any atom is -0.462 e. The van der Waals surface area contributed by atoms with Crippen molar-refractivity contribution in [3.05, 3.63) is 29.7 Å². The molecule has 134 valence electrons. The molecule has 0 aromatic carbocycles. The number of aryl methyl sites for hydroxylation is 1. The first kappa shape index (κ1) is 16.4. The van der Waals surface area contributed by atoms with Crippen LogP contribution in [0.1, 0.15) is 50.0 Å². The number of nitrogens with one attached hydrogen (secondary N) is 1. The highest BCUT2D eigenvalue weighted by molar-refractivity contribution is 5.89. The summed E-state index contributed by atoms with van der Waals surface area (Å²) in [6.45, 7) is 1.62. The predicted molar refractivity (Wildman–Crippen MR) is 92.5 cm³/mol. The summed E-state index contributed by atoms with van der Waals surface area (Å²) in [4.78, 5) is 24.0. The average molecular weight is 343 g/mol. The third kappa shape index (κ3) is 3.65. The topological polar surface area (TPSA) is 68.5 Å². The van der Waals surface area contributed by atoms with E-state index in [2.05, 4.69) is 5.32 Å². The van der Waals surface area contributed by atoms with Crippen molar-refractivity contribution in [1.82, 2.24) is 5.32 Å². The first-order valence-electron chi connectivity index (χ1n) is 9.22. The zero-order valence-electron chi connectivity index (χ0n) is 14.6. The van der Waals surface area contributed by atoms with E-state index in [0.717, 1.165) is 42.8 Å². The highest BCUT2D eigenvalue weighted by atomic mass is 16.5. The fourth-order valence-electron chi connectivity index (χ4n) is 5.47. The average Bonchev–Trinajstić information content (AvgIpc) is 2.94. The van der Waals surface area contributed by atoms with Crippen molar-refractivity contribution in [3.63, 3.8) is 0 Å². The Hall–Kier alpha value is -2.04. The lowest BCUT2D eigenvalue weighted by Crippen LogP contribution is -2.60. The van der Waals surface area contributed by atoms with Crippen LogP contribution in [0.15, 0.2) is 22.6 Å². The molecule has 1 aromatic heterocycles. The summed E-state index contributed by atoms with van der Waals surface area (Å²) >= 11 is 0. The normalized spacial score (nSPS) is 32.9. The summed E-state index contributed by atoms with van der Waals surface area (Å²) < 4.78 is 10.4. The molecular weight excluding hydrogens is 318 g/mol. The maximum Gasteiger partial charge on any atom is 0.331 e. The molecule has 4 aliphatic rings. The Morgan fingerprint density at radius 1 is 1.20 bits per heavy atom. The standard InChI is InChI=1S/C20H25NO4/c1-13-2-3-17(25-13)4-5-19(23)24-12-18(22)21-20-9-14-6-15(10-20)8-16(7-14)11-20/h2-5,14-16H,6-12H2,1H3,(H,21,22). The summed E-state index contributed by atoms with van der Waals surface area (Å²) in [7, 11) is 0. The quantitative estimate of drug-likeness (QED) is 0.658. The fraction of sp³-hybridized carbons (Fsp3) is 0.600. The molecule has 5 rings (SSSR count). The van der Waals surface area contributed by atoms with Gasteiger partial charge in [-0.25, -0.2) is 4.79 Å². The lowest BCUT2D eigenvalue weighted by molar-refractivity contribution is -0.145. The number of esters is 1. The van der Waals surface area contributed by atoms with Gasteiger partial charge in [-0.2, -0.15) is 0 Å². The van der Waals surface area contributed by atoms with Crippen molar-refractivity contribution in [3.8, 4) is 0 Å². The smallest absolute Gasteiger partial charge is 0.331 e. The Labute approximate surface area is 147 Å².